The van der Waals surface area contributed by atoms with Crippen LogP contribution < -0.4 is 0 Å². The molecule has 2 aromatic heterocycles. The van der Waals surface area contributed by atoms with Crippen LogP contribution in [0.4, 0.5) is 13.2 Å². The summed E-state index contributed by atoms with van der Waals surface area (Å²) in [7, 11) is 0. The van der Waals surface area contributed by atoms with E-state index in [0.717, 1.165) is 10.9 Å². The monoisotopic (exact) mass is 235 g/mol. The van der Waals surface area contributed by atoms with Crippen LogP contribution in [0.25, 0.3) is 10.6 Å². The third-order valence-electron chi connectivity index (χ3n) is 1.56. The highest BCUT2D eigenvalue weighted by Crippen LogP contribution is 2.35. The summed E-state index contributed by atoms with van der Waals surface area (Å²) < 4.78 is 40.4. The van der Waals surface area contributed by atoms with Crippen molar-refractivity contribution in [1.82, 2.24) is 4.37 Å². The highest BCUT2D eigenvalue weighted by molar-refractivity contribution is 7.13. The SMILES string of the molecule is FC(F)(F)c1cc(-c2cccs2)ns1. The van der Waals surface area contributed by atoms with Gasteiger partial charge in [-0.25, -0.2) is 0 Å². The highest BCUT2D eigenvalue weighted by Gasteiger charge is 2.33. The predicted molar refractivity (Wildman–Crippen MR) is 50.4 cm³/mol. The number of thiophene rings is 1. The standard InChI is InChI=1S/C8H4F3NS2/c9-8(10,11)7-4-5(12-14-7)6-2-1-3-13-6/h1-4H. The molecule has 0 saturated heterocycles. The van der Waals surface area contributed by atoms with Gasteiger partial charge in [0, 0.05) is 0 Å². The average molecular weight is 235 g/mol. The number of hydrogen-bond donors (Lipinski definition) is 0. The molecule has 0 amide bonds. The van der Waals surface area contributed by atoms with Crippen LogP contribution in [-0.2, 0) is 6.18 Å². The second-order valence-electron chi connectivity index (χ2n) is 2.55. The molecule has 1 nitrogen and oxygen atoms in total. The van der Waals surface area contributed by atoms with E-state index >= 15 is 0 Å². The zero-order valence-corrected chi connectivity index (χ0v) is 8.34. The van der Waals surface area contributed by atoms with E-state index in [1.807, 2.05) is 5.38 Å². The lowest BCUT2D eigenvalue weighted by Crippen LogP contribution is -2.00. The van der Waals surface area contributed by atoms with Gasteiger partial charge in [-0.15, -0.1) is 11.3 Å². The smallest absolute Gasteiger partial charge is 0.191 e. The minimum Gasteiger partial charge on any atom is -0.191 e. The quantitative estimate of drug-likeness (QED) is 0.730. The first-order valence-electron chi connectivity index (χ1n) is 3.65. The van der Waals surface area contributed by atoms with Gasteiger partial charge >= 0.3 is 6.18 Å². The molecule has 0 aliphatic rings. The number of alkyl halides is 3. The number of aromatic nitrogens is 1. The lowest BCUT2D eigenvalue weighted by atomic mass is 10.3. The van der Waals surface area contributed by atoms with Crippen molar-refractivity contribution in [3.05, 3.63) is 28.5 Å². The van der Waals surface area contributed by atoms with E-state index in [9.17, 15) is 13.2 Å². The highest BCUT2D eigenvalue weighted by atomic mass is 32.1. The molecule has 74 valence electrons. The largest absolute Gasteiger partial charge is 0.427 e. The van der Waals surface area contributed by atoms with E-state index in [0.29, 0.717) is 17.2 Å². The summed E-state index contributed by atoms with van der Waals surface area (Å²) in [6.07, 6.45) is -4.28. The molecule has 2 aromatic rings. The van der Waals surface area contributed by atoms with Gasteiger partial charge < -0.3 is 0 Å². The molecule has 0 aliphatic heterocycles. The molecule has 2 heterocycles. The van der Waals surface area contributed by atoms with Crippen LogP contribution in [0.2, 0.25) is 0 Å². The van der Waals surface area contributed by atoms with Crippen molar-refractivity contribution in [2.45, 2.75) is 6.18 Å². The summed E-state index contributed by atoms with van der Waals surface area (Å²) in [6.45, 7) is 0. The maximum absolute atomic E-state index is 12.2. The third-order valence-corrected chi connectivity index (χ3v) is 3.29. The summed E-state index contributed by atoms with van der Waals surface area (Å²) in [5, 5.41) is 1.81. The molecular weight excluding hydrogens is 231 g/mol. The van der Waals surface area contributed by atoms with Gasteiger partial charge in [0.15, 0.2) is 0 Å². The summed E-state index contributed by atoms with van der Waals surface area (Å²) in [5.74, 6) is 0. The third kappa shape index (κ3) is 1.80. The van der Waals surface area contributed by atoms with Gasteiger partial charge in [0.2, 0.25) is 0 Å². The van der Waals surface area contributed by atoms with Crippen molar-refractivity contribution in [2.24, 2.45) is 0 Å². The topological polar surface area (TPSA) is 12.9 Å². The molecule has 0 bridgehead atoms. The molecule has 0 radical (unpaired) electrons. The Morgan fingerprint density at radius 1 is 1.29 bits per heavy atom. The molecule has 0 unspecified atom stereocenters. The second-order valence-corrected chi connectivity index (χ2v) is 4.30. The Labute approximate surface area is 86.0 Å². The van der Waals surface area contributed by atoms with Gasteiger partial charge in [0.25, 0.3) is 0 Å². The molecule has 0 aromatic carbocycles. The molecule has 0 spiro atoms. The minimum absolute atomic E-state index is 0.400. The van der Waals surface area contributed by atoms with Crippen LogP contribution in [-0.4, -0.2) is 4.37 Å². The summed E-state index contributed by atoms with van der Waals surface area (Å²) in [4.78, 5) is 0.109. The lowest BCUT2D eigenvalue weighted by molar-refractivity contribution is -0.134. The summed E-state index contributed by atoms with van der Waals surface area (Å²) >= 11 is 1.86. The van der Waals surface area contributed by atoms with Gasteiger partial charge in [0.05, 0.1) is 10.6 Å². The first-order chi connectivity index (χ1) is 6.57. The molecule has 6 heteroatoms. The Morgan fingerprint density at radius 2 is 2.07 bits per heavy atom. The van der Waals surface area contributed by atoms with E-state index in [4.69, 9.17) is 0 Å². The van der Waals surface area contributed by atoms with E-state index in [2.05, 4.69) is 4.37 Å². The molecule has 0 fully saturated rings. The van der Waals surface area contributed by atoms with Crippen molar-refractivity contribution in [1.29, 1.82) is 0 Å². The number of halogens is 3. The fourth-order valence-electron chi connectivity index (χ4n) is 0.949. The van der Waals surface area contributed by atoms with Gasteiger partial charge in [-0.05, 0) is 29.0 Å². The van der Waals surface area contributed by atoms with Gasteiger partial charge in [-0.3, -0.25) is 0 Å². The summed E-state index contributed by atoms with van der Waals surface area (Å²) in [6, 6.07) is 4.61. The molecular formula is C8H4F3NS2. The van der Waals surface area contributed by atoms with Crippen molar-refractivity contribution < 1.29 is 13.2 Å². The zero-order valence-electron chi connectivity index (χ0n) is 6.71. The van der Waals surface area contributed by atoms with Crippen LogP contribution in [0, 0.1) is 0 Å². The molecule has 0 saturated carbocycles. The minimum atomic E-state index is -4.28. The number of nitrogens with zero attached hydrogens (tertiary/aromatic N) is 1. The van der Waals surface area contributed by atoms with Crippen LogP contribution in [0.5, 0.6) is 0 Å². The van der Waals surface area contributed by atoms with Crippen molar-refractivity contribution in [2.75, 3.05) is 0 Å². The maximum Gasteiger partial charge on any atom is 0.427 e. The first-order valence-corrected chi connectivity index (χ1v) is 5.30. The van der Waals surface area contributed by atoms with E-state index in [-0.39, 0.29) is 0 Å². The van der Waals surface area contributed by atoms with Crippen LogP contribution >= 0.6 is 22.9 Å². The van der Waals surface area contributed by atoms with Crippen LogP contribution in [0.3, 0.4) is 0 Å². The van der Waals surface area contributed by atoms with E-state index < -0.39 is 11.1 Å². The Morgan fingerprint density at radius 3 is 2.57 bits per heavy atom. The van der Waals surface area contributed by atoms with Gasteiger partial charge in [-0.2, -0.15) is 17.5 Å². The summed E-state index contributed by atoms with van der Waals surface area (Å²) in [5.41, 5.74) is 0.400. The maximum atomic E-state index is 12.2. The Balaban J connectivity index is 2.36. The fourth-order valence-corrected chi connectivity index (χ4v) is 2.31. The second kappa shape index (κ2) is 3.36. The van der Waals surface area contributed by atoms with Crippen LogP contribution in [0.1, 0.15) is 4.88 Å². The van der Waals surface area contributed by atoms with Gasteiger partial charge in [0.1, 0.15) is 4.88 Å². The fraction of sp³-hybridized carbons (Fsp3) is 0.125. The molecule has 2 rings (SSSR count). The Bertz CT molecular complexity index is 416. The molecule has 0 atom stereocenters. The molecule has 0 aliphatic carbocycles. The zero-order chi connectivity index (χ0) is 10.2. The normalized spacial score (nSPS) is 11.9. The van der Waals surface area contributed by atoms with Crippen molar-refractivity contribution in [3.8, 4) is 10.6 Å². The number of hydrogen-bond acceptors (Lipinski definition) is 3. The van der Waals surface area contributed by atoms with Crippen molar-refractivity contribution in [3.63, 3.8) is 0 Å². The Kier molecular flexibility index (Phi) is 2.32. The Hall–Kier alpha value is -0.880. The van der Waals surface area contributed by atoms with Crippen molar-refractivity contribution >= 4 is 22.9 Å². The average Bonchev–Trinajstić information content (AvgIpc) is 2.73. The molecule has 0 N–H and O–H groups in total. The lowest BCUT2D eigenvalue weighted by Gasteiger charge is -1.98. The first kappa shape index (κ1) is 9.67. The van der Waals surface area contributed by atoms with E-state index in [1.165, 1.54) is 11.3 Å². The van der Waals surface area contributed by atoms with E-state index in [1.54, 1.807) is 12.1 Å². The predicted octanol–water partition coefficient (Wildman–Crippen LogP) is 3.89. The number of rotatable bonds is 1. The molecule has 14 heavy (non-hydrogen) atoms. The van der Waals surface area contributed by atoms with Gasteiger partial charge in [-0.1, -0.05) is 6.07 Å². The van der Waals surface area contributed by atoms with Crippen LogP contribution in [0.15, 0.2) is 23.6 Å².